The van der Waals surface area contributed by atoms with Gasteiger partial charge in [0.2, 0.25) is 5.95 Å². The van der Waals surface area contributed by atoms with Crippen LogP contribution in [0.2, 0.25) is 0 Å². The Balaban J connectivity index is 1.77. The van der Waals surface area contributed by atoms with Crippen LogP contribution in [-0.4, -0.2) is 16.1 Å². The molecule has 0 aromatic carbocycles. The topological polar surface area (TPSA) is 29.9 Å². The Morgan fingerprint density at radius 3 is 3.00 bits per heavy atom. The Hall–Kier alpha value is -0.990. The summed E-state index contributed by atoms with van der Waals surface area (Å²) in [6.45, 7) is 6.39. The van der Waals surface area contributed by atoms with Gasteiger partial charge < -0.3 is 9.88 Å². The van der Waals surface area contributed by atoms with Gasteiger partial charge in [-0.3, -0.25) is 0 Å². The number of aryl methyl sites for hydroxylation is 2. The fourth-order valence-electron chi connectivity index (χ4n) is 2.10. The zero-order valence-electron chi connectivity index (χ0n) is 10.5. The van der Waals surface area contributed by atoms with Crippen molar-refractivity contribution in [3.8, 4) is 0 Å². The lowest BCUT2D eigenvalue weighted by molar-refractivity contribution is 0.663. The monoisotopic (exact) mass is 221 g/mol. The summed E-state index contributed by atoms with van der Waals surface area (Å²) in [4.78, 5) is 4.51. The number of anilines is 1. The summed E-state index contributed by atoms with van der Waals surface area (Å²) in [5, 5.41) is 3.45. The summed E-state index contributed by atoms with van der Waals surface area (Å²) in [5.41, 5.74) is 1.11. The average molecular weight is 221 g/mol. The molecule has 1 heterocycles. The van der Waals surface area contributed by atoms with E-state index in [4.69, 9.17) is 0 Å². The molecule has 1 saturated carbocycles. The first-order chi connectivity index (χ1) is 7.79. The van der Waals surface area contributed by atoms with Gasteiger partial charge in [0.05, 0.1) is 5.69 Å². The number of nitrogens with one attached hydrogen (secondary N) is 1. The second-order valence-corrected chi connectivity index (χ2v) is 4.91. The molecule has 0 bridgehead atoms. The third kappa shape index (κ3) is 3.26. The molecule has 3 nitrogen and oxygen atoms in total. The van der Waals surface area contributed by atoms with Crippen LogP contribution in [0.3, 0.4) is 0 Å². The number of hydrogen-bond acceptors (Lipinski definition) is 2. The zero-order valence-corrected chi connectivity index (χ0v) is 10.5. The van der Waals surface area contributed by atoms with E-state index in [1.807, 2.05) is 0 Å². The van der Waals surface area contributed by atoms with Crippen molar-refractivity contribution in [2.75, 3.05) is 11.9 Å². The number of nitrogens with zero attached hydrogens (tertiary/aromatic N) is 2. The summed E-state index contributed by atoms with van der Waals surface area (Å²) in [6.07, 6.45) is 8.88. The lowest BCUT2D eigenvalue weighted by Gasteiger charge is -2.08. The van der Waals surface area contributed by atoms with E-state index in [0.29, 0.717) is 0 Å². The number of imidazole rings is 1. The van der Waals surface area contributed by atoms with Crippen molar-refractivity contribution in [1.82, 2.24) is 9.55 Å². The Morgan fingerprint density at radius 1 is 1.50 bits per heavy atom. The molecule has 16 heavy (non-hydrogen) atoms. The first kappa shape index (κ1) is 11.5. The summed E-state index contributed by atoms with van der Waals surface area (Å²) in [7, 11) is 0. The predicted octanol–water partition coefficient (Wildman–Crippen LogP) is 3.20. The van der Waals surface area contributed by atoms with Gasteiger partial charge in [0.25, 0.3) is 0 Å². The minimum atomic E-state index is 1.04. The van der Waals surface area contributed by atoms with Gasteiger partial charge in [0, 0.05) is 19.3 Å². The van der Waals surface area contributed by atoms with Crippen LogP contribution in [0.5, 0.6) is 0 Å². The van der Waals surface area contributed by atoms with E-state index in [1.165, 1.54) is 25.7 Å². The minimum Gasteiger partial charge on any atom is -0.356 e. The lowest BCUT2D eigenvalue weighted by atomic mass is 10.2. The Kier molecular flexibility index (Phi) is 3.86. The Labute approximate surface area is 98.3 Å². The largest absolute Gasteiger partial charge is 0.356 e. The van der Waals surface area contributed by atoms with Crippen molar-refractivity contribution in [1.29, 1.82) is 0 Å². The lowest BCUT2D eigenvalue weighted by Crippen LogP contribution is -2.08. The molecule has 1 N–H and O–H groups in total. The molecular formula is C13H23N3. The molecule has 0 spiro atoms. The highest BCUT2D eigenvalue weighted by Gasteiger charge is 2.20. The van der Waals surface area contributed by atoms with E-state index < -0.39 is 0 Å². The highest BCUT2D eigenvalue weighted by atomic mass is 15.2. The average Bonchev–Trinajstić information content (AvgIpc) is 3.00. The molecule has 90 valence electrons. The van der Waals surface area contributed by atoms with Crippen LogP contribution >= 0.6 is 0 Å². The molecule has 0 atom stereocenters. The van der Waals surface area contributed by atoms with Crippen molar-refractivity contribution < 1.29 is 0 Å². The molecule has 3 heteroatoms. The molecule has 1 aromatic rings. The van der Waals surface area contributed by atoms with Crippen LogP contribution in [0.1, 0.15) is 44.7 Å². The van der Waals surface area contributed by atoms with Crippen molar-refractivity contribution in [3.05, 3.63) is 11.9 Å². The van der Waals surface area contributed by atoms with Crippen molar-refractivity contribution in [3.63, 3.8) is 0 Å². The van der Waals surface area contributed by atoms with Crippen molar-refractivity contribution in [2.45, 2.75) is 52.5 Å². The zero-order chi connectivity index (χ0) is 11.4. The highest BCUT2D eigenvalue weighted by molar-refractivity contribution is 5.28. The molecule has 1 aromatic heterocycles. The van der Waals surface area contributed by atoms with E-state index in [2.05, 4.69) is 34.9 Å². The Bertz CT molecular complexity index is 326. The van der Waals surface area contributed by atoms with Crippen LogP contribution in [-0.2, 0) is 6.54 Å². The molecular weight excluding hydrogens is 198 g/mol. The van der Waals surface area contributed by atoms with Crippen LogP contribution in [0.25, 0.3) is 0 Å². The normalized spacial score (nSPS) is 15.4. The Morgan fingerprint density at radius 2 is 2.31 bits per heavy atom. The predicted molar refractivity (Wildman–Crippen MR) is 67.7 cm³/mol. The summed E-state index contributed by atoms with van der Waals surface area (Å²) in [6, 6.07) is 0. The standard InChI is InChI=1S/C13H23N3/c1-3-9-16-10-11(2)15-13(16)14-8-4-5-12-6-7-12/h10,12H,3-9H2,1-2H3,(H,14,15). The van der Waals surface area contributed by atoms with E-state index in [1.54, 1.807) is 0 Å². The maximum atomic E-state index is 4.51. The maximum Gasteiger partial charge on any atom is 0.203 e. The molecule has 0 saturated heterocycles. The summed E-state index contributed by atoms with van der Waals surface area (Å²) < 4.78 is 2.23. The highest BCUT2D eigenvalue weighted by Crippen LogP contribution is 2.33. The summed E-state index contributed by atoms with van der Waals surface area (Å²) >= 11 is 0. The minimum absolute atomic E-state index is 1.04. The van der Waals surface area contributed by atoms with Crippen LogP contribution in [0.4, 0.5) is 5.95 Å². The quantitative estimate of drug-likeness (QED) is 0.717. The SMILES string of the molecule is CCCn1cc(C)nc1NCCCC1CC1. The molecule has 0 radical (unpaired) electrons. The van der Waals surface area contributed by atoms with Crippen molar-refractivity contribution in [2.24, 2.45) is 5.92 Å². The number of rotatable bonds is 7. The van der Waals surface area contributed by atoms with Gasteiger partial charge in [0.1, 0.15) is 0 Å². The van der Waals surface area contributed by atoms with Gasteiger partial charge in [-0.2, -0.15) is 0 Å². The molecule has 2 rings (SSSR count). The first-order valence-corrected chi connectivity index (χ1v) is 6.57. The first-order valence-electron chi connectivity index (χ1n) is 6.57. The molecule has 0 unspecified atom stereocenters. The van der Waals surface area contributed by atoms with Gasteiger partial charge in [-0.15, -0.1) is 0 Å². The third-order valence-corrected chi connectivity index (χ3v) is 3.13. The molecule has 1 aliphatic carbocycles. The maximum absolute atomic E-state index is 4.51. The van der Waals surface area contributed by atoms with Crippen molar-refractivity contribution >= 4 is 5.95 Å². The van der Waals surface area contributed by atoms with Gasteiger partial charge >= 0.3 is 0 Å². The fourth-order valence-corrected chi connectivity index (χ4v) is 2.10. The smallest absolute Gasteiger partial charge is 0.203 e. The van der Waals surface area contributed by atoms with E-state index in [0.717, 1.165) is 37.1 Å². The second kappa shape index (κ2) is 5.37. The number of hydrogen-bond donors (Lipinski definition) is 1. The molecule has 1 aliphatic rings. The molecule has 0 aliphatic heterocycles. The summed E-state index contributed by atoms with van der Waals surface area (Å²) in [5.74, 6) is 2.09. The molecule has 1 fully saturated rings. The van der Waals surface area contributed by atoms with Crippen LogP contribution in [0.15, 0.2) is 6.20 Å². The van der Waals surface area contributed by atoms with Gasteiger partial charge in [-0.05, 0) is 32.1 Å². The van der Waals surface area contributed by atoms with E-state index >= 15 is 0 Å². The van der Waals surface area contributed by atoms with Gasteiger partial charge in [-0.1, -0.05) is 19.8 Å². The van der Waals surface area contributed by atoms with E-state index in [9.17, 15) is 0 Å². The fraction of sp³-hybridized carbons (Fsp3) is 0.769. The molecule has 0 amide bonds. The van der Waals surface area contributed by atoms with Crippen LogP contribution < -0.4 is 5.32 Å². The van der Waals surface area contributed by atoms with Crippen LogP contribution in [0, 0.1) is 12.8 Å². The number of aromatic nitrogens is 2. The second-order valence-electron chi connectivity index (χ2n) is 4.91. The van der Waals surface area contributed by atoms with Gasteiger partial charge in [-0.25, -0.2) is 4.98 Å². The van der Waals surface area contributed by atoms with E-state index in [-0.39, 0.29) is 0 Å². The van der Waals surface area contributed by atoms with Gasteiger partial charge in [0.15, 0.2) is 0 Å². The third-order valence-electron chi connectivity index (χ3n) is 3.13.